The van der Waals surface area contributed by atoms with Crippen LogP contribution in [0.5, 0.6) is 11.5 Å². The third-order valence-corrected chi connectivity index (χ3v) is 4.57. The number of aromatic nitrogens is 3. The summed E-state index contributed by atoms with van der Waals surface area (Å²) in [7, 11) is 0. The molecule has 1 aliphatic heterocycles. The van der Waals surface area contributed by atoms with E-state index in [-0.39, 0.29) is 13.4 Å². The molecule has 0 spiro atoms. The van der Waals surface area contributed by atoms with Crippen molar-refractivity contribution in [1.82, 2.24) is 14.0 Å². The third-order valence-electron chi connectivity index (χ3n) is 4.57. The van der Waals surface area contributed by atoms with Crippen molar-refractivity contribution in [2.24, 2.45) is 0 Å². The van der Waals surface area contributed by atoms with Gasteiger partial charge in [-0.15, -0.1) is 0 Å². The molecule has 6 nitrogen and oxygen atoms in total. The number of aliphatic hydroxyl groups is 1. The van der Waals surface area contributed by atoms with Gasteiger partial charge in [0.05, 0.1) is 16.7 Å². The molecule has 0 amide bonds. The molecule has 2 aromatic heterocycles. The van der Waals surface area contributed by atoms with Gasteiger partial charge in [0.25, 0.3) is 0 Å². The van der Waals surface area contributed by atoms with Crippen LogP contribution in [0.3, 0.4) is 0 Å². The maximum absolute atomic E-state index is 9.29. The highest BCUT2D eigenvalue weighted by Gasteiger charge is 2.18. The highest BCUT2D eigenvalue weighted by Crippen LogP contribution is 2.37. The standard InChI is InChI=1S/C19H17N3O3/c23-9-3-8-21-16(13-6-7-17-18(10-13)25-12-24-17)11-22-15-5-2-1-4-14(15)20-19(21)22/h1-2,4-7,10-11,23H,3,8-9,12H2. The van der Waals surface area contributed by atoms with E-state index in [1.165, 1.54) is 0 Å². The van der Waals surface area contributed by atoms with Gasteiger partial charge in [0.2, 0.25) is 12.6 Å². The van der Waals surface area contributed by atoms with E-state index in [9.17, 15) is 5.11 Å². The molecule has 0 saturated heterocycles. The lowest BCUT2D eigenvalue weighted by atomic mass is 10.1. The van der Waals surface area contributed by atoms with Crippen molar-refractivity contribution in [3.8, 4) is 22.8 Å². The van der Waals surface area contributed by atoms with Crippen LogP contribution in [-0.4, -0.2) is 32.5 Å². The van der Waals surface area contributed by atoms with Crippen LogP contribution in [0.2, 0.25) is 0 Å². The SMILES string of the molecule is OCCCn1c(-c2ccc3c(c2)OCO3)cn2c3ccccc3nc12. The molecule has 25 heavy (non-hydrogen) atoms. The Morgan fingerprint density at radius 2 is 1.96 bits per heavy atom. The quantitative estimate of drug-likeness (QED) is 0.623. The monoisotopic (exact) mass is 335 g/mol. The van der Waals surface area contributed by atoms with Gasteiger partial charge in [0.1, 0.15) is 0 Å². The number of para-hydroxylation sites is 2. The van der Waals surface area contributed by atoms with Gasteiger partial charge in [0.15, 0.2) is 11.5 Å². The Hall–Kier alpha value is -2.99. The summed E-state index contributed by atoms with van der Waals surface area (Å²) in [5, 5.41) is 9.29. The Labute approximate surface area is 143 Å². The van der Waals surface area contributed by atoms with Gasteiger partial charge in [-0.2, -0.15) is 0 Å². The highest BCUT2D eigenvalue weighted by molar-refractivity contribution is 5.81. The summed E-state index contributed by atoms with van der Waals surface area (Å²) in [6.45, 7) is 1.10. The van der Waals surface area contributed by atoms with E-state index in [1.54, 1.807) is 0 Å². The molecular weight excluding hydrogens is 318 g/mol. The molecule has 0 fully saturated rings. The summed E-state index contributed by atoms with van der Waals surface area (Å²) in [4.78, 5) is 4.78. The second kappa shape index (κ2) is 5.53. The van der Waals surface area contributed by atoms with E-state index in [0.29, 0.717) is 13.0 Å². The van der Waals surface area contributed by atoms with Crippen LogP contribution in [-0.2, 0) is 6.54 Å². The number of hydrogen-bond donors (Lipinski definition) is 1. The molecule has 1 aliphatic rings. The van der Waals surface area contributed by atoms with E-state index in [0.717, 1.165) is 39.6 Å². The minimum atomic E-state index is 0.144. The fourth-order valence-electron chi connectivity index (χ4n) is 3.38. The van der Waals surface area contributed by atoms with E-state index in [2.05, 4.69) is 21.2 Å². The second-order valence-corrected chi connectivity index (χ2v) is 6.08. The van der Waals surface area contributed by atoms with Crippen LogP contribution in [0.25, 0.3) is 28.1 Å². The molecule has 126 valence electrons. The van der Waals surface area contributed by atoms with Crippen molar-refractivity contribution >= 4 is 16.8 Å². The third kappa shape index (κ3) is 2.18. The van der Waals surface area contributed by atoms with Gasteiger partial charge in [-0.25, -0.2) is 4.98 Å². The summed E-state index contributed by atoms with van der Waals surface area (Å²) in [6, 6.07) is 14.0. The summed E-state index contributed by atoms with van der Waals surface area (Å²) in [5.74, 6) is 2.41. The number of rotatable bonds is 4. The molecule has 0 radical (unpaired) electrons. The summed E-state index contributed by atoms with van der Waals surface area (Å²) in [6.07, 6.45) is 2.77. The van der Waals surface area contributed by atoms with Crippen molar-refractivity contribution in [1.29, 1.82) is 0 Å². The van der Waals surface area contributed by atoms with Crippen molar-refractivity contribution in [3.63, 3.8) is 0 Å². The summed E-state index contributed by atoms with van der Waals surface area (Å²) in [5.41, 5.74) is 4.12. The average Bonchev–Trinajstić information content (AvgIpc) is 3.32. The Balaban J connectivity index is 1.73. The number of benzene rings is 2. The van der Waals surface area contributed by atoms with Crippen molar-refractivity contribution in [3.05, 3.63) is 48.7 Å². The Morgan fingerprint density at radius 3 is 2.88 bits per heavy atom. The second-order valence-electron chi connectivity index (χ2n) is 6.08. The number of aryl methyl sites for hydroxylation is 1. The van der Waals surface area contributed by atoms with Crippen LogP contribution >= 0.6 is 0 Å². The van der Waals surface area contributed by atoms with Crippen LogP contribution in [0.4, 0.5) is 0 Å². The normalized spacial score (nSPS) is 13.2. The molecule has 0 atom stereocenters. The Morgan fingerprint density at radius 1 is 1.08 bits per heavy atom. The molecule has 0 bridgehead atoms. The first-order valence-corrected chi connectivity index (χ1v) is 8.32. The van der Waals surface area contributed by atoms with Gasteiger partial charge in [-0.05, 0) is 36.8 Å². The Bertz CT molecular complexity index is 1080. The summed E-state index contributed by atoms with van der Waals surface area (Å²) >= 11 is 0. The van der Waals surface area contributed by atoms with Gasteiger partial charge >= 0.3 is 0 Å². The van der Waals surface area contributed by atoms with E-state index < -0.39 is 0 Å². The minimum Gasteiger partial charge on any atom is -0.454 e. The van der Waals surface area contributed by atoms with Crippen molar-refractivity contribution in [2.75, 3.05) is 13.4 Å². The largest absolute Gasteiger partial charge is 0.454 e. The van der Waals surface area contributed by atoms with Crippen molar-refractivity contribution in [2.45, 2.75) is 13.0 Å². The van der Waals surface area contributed by atoms with Crippen LogP contribution in [0.15, 0.2) is 48.7 Å². The van der Waals surface area contributed by atoms with Crippen LogP contribution < -0.4 is 9.47 Å². The molecule has 5 rings (SSSR count). The predicted octanol–water partition coefficient (Wildman–Crippen LogP) is 3.07. The average molecular weight is 335 g/mol. The summed E-state index contributed by atoms with van der Waals surface area (Å²) < 4.78 is 15.2. The van der Waals surface area contributed by atoms with E-state index in [4.69, 9.17) is 14.5 Å². The first kappa shape index (κ1) is 14.4. The maximum Gasteiger partial charge on any atom is 0.231 e. The molecule has 1 N–H and O–H groups in total. The molecule has 0 saturated carbocycles. The molecular formula is C19H17N3O3. The smallest absolute Gasteiger partial charge is 0.231 e. The minimum absolute atomic E-state index is 0.144. The van der Waals surface area contributed by atoms with E-state index in [1.807, 2.05) is 36.4 Å². The maximum atomic E-state index is 9.29. The Kier molecular flexibility index (Phi) is 3.18. The molecule has 0 aliphatic carbocycles. The zero-order chi connectivity index (χ0) is 16.8. The zero-order valence-corrected chi connectivity index (χ0v) is 13.6. The van der Waals surface area contributed by atoms with E-state index >= 15 is 0 Å². The number of aliphatic hydroxyl groups excluding tert-OH is 1. The fraction of sp³-hybridized carbons (Fsp3) is 0.211. The lowest BCUT2D eigenvalue weighted by molar-refractivity contribution is 0.174. The first-order chi connectivity index (χ1) is 12.3. The first-order valence-electron chi connectivity index (χ1n) is 8.32. The molecule has 0 unspecified atom stereocenters. The van der Waals surface area contributed by atoms with Gasteiger partial charge in [-0.1, -0.05) is 12.1 Å². The number of imidazole rings is 2. The molecule has 4 aromatic rings. The van der Waals surface area contributed by atoms with Crippen LogP contribution in [0, 0.1) is 0 Å². The van der Waals surface area contributed by atoms with Gasteiger partial charge < -0.3 is 19.1 Å². The predicted molar refractivity (Wildman–Crippen MR) is 93.9 cm³/mol. The zero-order valence-electron chi connectivity index (χ0n) is 13.6. The topological polar surface area (TPSA) is 60.9 Å². The molecule has 3 heterocycles. The fourth-order valence-corrected chi connectivity index (χ4v) is 3.38. The number of fused-ring (bicyclic) bond motifs is 4. The lowest BCUT2D eigenvalue weighted by Gasteiger charge is -2.08. The number of ether oxygens (including phenoxy) is 2. The van der Waals surface area contributed by atoms with Crippen molar-refractivity contribution < 1.29 is 14.6 Å². The van der Waals surface area contributed by atoms with Gasteiger partial charge in [0, 0.05) is 24.9 Å². The molecule has 2 aromatic carbocycles. The van der Waals surface area contributed by atoms with Crippen LogP contribution in [0.1, 0.15) is 6.42 Å². The molecule has 6 heteroatoms. The van der Waals surface area contributed by atoms with Gasteiger partial charge in [-0.3, -0.25) is 4.40 Å². The number of nitrogens with zero attached hydrogens (tertiary/aromatic N) is 3. The number of hydrogen-bond acceptors (Lipinski definition) is 4. The highest BCUT2D eigenvalue weighted by atomic mass is 16.7. The lowest BCUT2D eigenvalue weighted by Crippen LogP contribution is -2.03.